The van der Waals surface area contributed by atoms with Gasteiger partial charge in [-0.1, -0.05) is 24.6 Å². The molecule has 0 bridgehead atoms. The van der Waals surface area contributed by atoms with Crippen LogP contribution in [0.3, 0.4) is 0 Å². The molecule has 0 aromatic carbocycles. The Labute approximate surface area is 55.1 Å². The van der Waals surface area contributed by atoms with E-state index in [-0.39, 0.29) is 5.92 Å². The van der Waals surface area contributed by atoms with Crippen molar-refractivity contribution in [3.8, 4) is 0 Å². The third-order valence-electron chi connectivity index (χ3n) is 1.57. The van der Waals surface area contributed by atoms with Gasteiger partial charge in [-0.25, -0.2) is 4.39 Å². The van der Waals surface area contributed by atoms with Crippen LogP contribution in [0.15, 0.2) is 23.8 Å². The van der Waals surface area contributed by atoms with E-state index in [2.05, 4.69) is 0 Å². The summed E-state index contributed by atoms with van der Waals surface area (Å²) in [6, 6.07) is 0. The normalized spacial score (nSPS) is 34.3. The molecule has 1 aliphatic rings. The molecule has 0 N–H and O–H groups in total. The van der Waals surface area contributed by atoms with Crippen LogP contribution in [0.2, 0.25) is 0 Å². The zero-order chi connectivity index (χ0) is 6.85. The number of allylic oxidation sites excluding steroid dienone is 4. The van der Waals surface area contributed by atoms with Gasteiger partial charge in [-0.15, -0.1) is 0 Å². The van der Waals surface area contributed by atoms with E-state index in [1.54, 1.807) is 6.08 Å². The van der Waals surface area contributed by atoms with Crippen LogP contribution in [0, 0.1) is 5.92 Å². The van der Waals surface area contributed by atoms with Gasteiger partial charge in [0.2, 0.25) is 0 Å². The van der Waals surface area contributed by atoms with Crippen LogP contribution >= 0.6 is 0 Å². The second-order valence-corrected chi connectivity index (χ2v) is 2.57. The summed E-state index contributed by atoms with van der Waals surface area (Å²) in [6.07, 6.45) is 4.61. The highest BCUT2D eigenvalue weighted by Crippen LogP contribution is 2.18. The summed E-state index contributed by atoms with van der Waals surface area (Å²) in [5.74, 6) is 0.0648. The molecule has 0 nitrogen and oxygen atoms in total. The van der Waals surface area contributed by atoms with Gasteiger partial charge in [0.25, 0.3) is 0 Å². The maximum absolute atomic E-state index is 12.6. The van der Waals surface area contributed by atoms with Crippen LogP contribution in [-0.2, 0) is 0 Å². The minimum absolute atomic E-state index is 0.0648. The SMILES string of the molecule is CC1=CC(C)C(F)C=C1. The van der Waals surface area contributed by atoms with Crippen molar-refractivity contribution in [2.75, 3.05) is 0 Å². The van der Waals surface area contributed by atoms with Crippen molar-refractivity contribution < 1.29 is 4.39 Å². The topological polar surface area (TPSA) is 0 Å². The fraction of sp³-hybridized carbons (Fsp3) is 0.500. The van der Waals surface area contributed by atoms with Crippen LogP contribution in [0.4, 0.5) is 4.39 Å². The average molecular weight is 126 g/mol. The molecular formula is C8H11F. The lowest BCUT2D eigenvalue weighted by molar-refractivity contribution is 0.333. The minimum atomic E-state index is -0.770. The highest BCUT2D eigenvalue weighted by atomic mass is 19.1. The number of halogens is 1. The molecule has 0 saturated heterocycles. The first kappa shape index (κ1) is 6.53. The van der Waals surface area contributed by atoms with Crippen molar-refractivity contribution in [2.45, 2.75) is 20.0 Å². The Kier molecular flexibility index (Phi) is 1.70. The van der Waals surface area contributed by atoms with Crippen molar-refractivity contribution in [1.82, 2.24) is 0 Å². The molecule has 1 heteroatoms. The van der Waals surface area contributed by atoms with Crippen LogP contribution in [0.5, 0.6) is 0 Å². The maximum atomic E-state index is 12.6. The van der Waals surface area contributed by atoms with Crippen LogP contribution in [0.25, 0.3) is 0 Å². The Balaban J connectivity index is 2.70. The fourth-order valence-electron chi connectivity index (χ4n) is 0.981. The highest BCUT2D eigenvalue weighted by molar-refractivity contribution is 5.23. The Morgan fingerprint density at radius 2 is 2.22 bits per heavy atom. The van der Waals surface area contributed by atoms with Crippen molar-refractivity contribution in [3.05, 3.63) is 23.8 Å². The first-order valence-electron chi connectivity index (χ1n) is 3.21. The van der Waals surface area contributed by atoms with Gasteiger partial charge in [-0.3, -0.25) is 0 Å². The quantitative estimate of drug-likeness (QED) is 0.467. The van der Waals surface area contributed by atoms with E-state index < -0.39 is 6.17 Å². The molecule has 0 aromatic heterocycles. The molecule has 0 aromatic rings. The molecule has 0 amide bonds. The highest BCUT2D eigenvalue weighted by Gasteiger charge is 2.12. The van der Waals surface area contributed by atoms with Gasteiger partial charge in [0, 0.05) is 5.92 Å². The van der Waals surface area contributed by atoms with E-state index in [0.717, 1.165) is 5.57 Å². The van der Waals surface area contributed by atoms with Gasteiger partial charge in [0.05, 0.1) is 0 Å². The predicted molar refractivity (Wildman–Crippen MR) is 37.0 cm³/mol. The monoisotopic (exact) mass is 126 g/mol. The van der Waals surface area contributed by atoms with Crippen LogP contribution < -0.4 is 0 Å². The van der Waals surface area contributed by atoms with Crippen molar-refractivity contribution in [2.24, 2.45) is 5.92 Å². The van der Waals surface area contributed by atoms with Crippen LogP contribution in [-0.4, -0.2) is 6.17 Å². The minimum Gasteiger partial charge on any atom is -0.242 e. The van der Waals surface area contributed by atoms with Gasteiger partial charge < -0.3 is 0 Å². The number of alkyl halides is 1. The Bertz CT molecular complexity index is 156. The van der Waals surface area contributed by atoms with Crippen molar-refractivity contribution in [1.29, 1.82) is 0 Å². The second-order valence-electron chi connectivity index (χ2n) is 2.57. The number of hydrogen-bond donors (Lipinski definition) is 0. The molecule has 0 heterocycles. The molecule has 50 valence electrons. The van der Waals surface area contributed by atoms with E-state index in [4.69, 9.17) is 0 Å². The third kappa shape index (κ3) is 1.41. The number of hydrogen-bond acceptors (Lipinski definition) is 0. The predicted octanol–water partition coefficient (Wildman–Crippen LogP) is 2.48. The summed E-state index contributed by atoms with van der Waals surface area (Å²) in [7, 11) is 0. The molecule has 0 radical (unpaired) electrons. The van der Waals surface area contributed by atoms with Crippen LogP contribution in [0.1, 0.15) is 13.8 Å². The zero-order valence-electron chi connectivity index (χ0n) is 5.76. The number of rotatable bonds is 0. The second kappa shape index (κ2) is 2.34. The maximum Gasteiger partial charge on any atom is 0.125 e. The molecular weight excluding hydrogens is 115 g/mol. The van der Waals surface area contributed by atoms with Crippen molar-refractivity contribution in [3.63, 3.8) is 0 Å². The average Bonchev–Trinajstić information content (AvgIpc) is 1.80. The van der Waals surface area contributed by atoms with E-state index in [1.807, 2.05) is 26.0 Å². The van der Waals surface area contributed by atoms with E-state index in [0.29, 0.717) is 0 Å². The molecule has 1 aliphatic carbocycles. The summed E-state index contributed by atoms with van der Waals surface area (Å²) in [4.78, 5) is 0. The molecule has 1 rings (SSSR count). The molecule has 0 saturated carbocycles. The van der Waals surface area contributed by atoms with Gasteiger partial charge in [-0.05, 0) is 13.0 Å². The molecule has 2 unspecified atom stereocenters. The lowest BCUT2D eigenvalue weighted by Gasteiger charge is -2.13. The van der Waals surface area contributed by atoms with Gasteiger partial charge in [0.1, 0.15) is 6.17 Å². The van der Waals surface area contributed by atoms with Gasteiger partial charge >= 0.3 is 0 Å². The first-order valence-corrected chi connectivity index (χ1v) is 3.21. The molecule has 2 atom stereocenters. The van der Waals surface area contributed by atoms with Gasteiger partial charge in [-0.2, -0.15) is 0 Å². The lowest BCUT2D eigenvalue weighted by atomic mass is 9.97. The van der Waals surface area contributed by atoms with Gasteiger partial charge in [0.15, 0.2) is 0 Å². The Morgan fingerprint density at radius 1 is 1.56 bits per heavy atom. The largest absolute Gasteiger partial charge is 0.242 e. The summed E-state index contributed by atoms with van der Waals surface area (Å²) in [6.45, 7) is 3.87. The van der Waals surface area contributed by atoms with E-state index in [9.17, 15) is 4.39 Å². The standard InChI is InChI=1S/C8H11F/c1-6-3-4-8(9)7(2)5-6/h3-5,7-8H,1-2H3. The fourth-order valence-corrected chi connectivity index (χ4v) is 0.981. The van der Waals surface area contributed by atoms with E-state index >= 15 is 0 Å². The van der Waals surface area contributed by atoms with E-state index in [1.165, 1.54) is 0 Å². The summed E-state index contributed by atoms with van der Waals surface area (Å²) in [5.41, 5.74) is 1.16. The molecule has 0 fully saturated rings. The summed E-state index contributed by atoms with van der Waals surface area (Å²) >= 11 is 0. The zero-order valence-corrected chi connectivity index (χ0v) is 5.76. The molecule has 0 aliphatic heterocycles. The summed E-state index contributed by atoms with van der Waals surface area (Å²) < 4.78 is 12.6. The summed E-state index contributed by atoms with van der Waals surface area (Å²) in [5, 5.41) is 0. The lowest BCUT2D eigenvalue weighted by Crippen LogP contribution is -2.09. The first-order chi connectivity index (χ1) is 4.20. The molecule has 9 heavy (non-hydrogen) atoms. The molecule has 0 spiro atoms. The van der Waals surface area contributed by atoms with Crippen molar-refractivity contribution >= 4 is 0 Å². The smallest absolute Gasteiger partial charge is 0.125 e. The third-order valence-corrected chi connectivity index (χ3v) is 1.57. The Hall–Kier alpha value is -0.590. The Morgan fingerprint density at radius 3 is 2.67 bits per heavy atom.